The van der Waals surface area contributed by atoms with Gasteiger partial charge in [-0.05, 0) is 56.0 Å². The van der Waals surface area contributed by atoms with Gasteiger partial charge in [-0.15, -0.1) is 0 Å². The average Bonchev–Trinajstić information content (AvgIpc) is 3.92. The van der Waals surface area contributed by atoms with E-state index in [-0.39, 0.29) is 95.2 Å². The summed E-state index contributed by atoms with van der Waals surface area (Å²) in [7, 11) is -9.34. The summed E-state index contributed by atoms with van der Waals surface area (Å²) in [6.45, 7) is 3.00. The number of hydrogen-bond acceptors (Lipinski definition) is 18. The third-order valence-corrected chi connectivity index (χ3v) is 15.1. The van der Waals surface area contributed by atoms with Crippen LogP contribution in [-0.2, 0) is 62.0 Å². The SMILES string of the molecule is Cc1cc(C)c(S(=O)(=O)NC(CNC(=O)c2cn(CCCNC(=O)C(CS(=O)(=O)O)NC(=O)CN3CCN(CC(=O)O)CCN(CC(=O)O)CCN(CC(=O)O)CC3)c3cc(CNc4ncc[nH]4)ccc3c2=O)C(=O)O)c(C)c1. The second kappa shape index (κ2) is 28.5. The largest absolute Gasteiger partial charge is 0.480 e. The van der Waals surface area contributed by atoms with E-state index in [0.29, 0.717) is 28.2 Å². The molecule has 5 rings (SSSR count). The highest BCUT2D eigenvalue weighted by Gasteiger charge is 2.31. The van der Waals surface area contributed by atoms with Gasteiger partial charge >= 0.3 is 23.9 Å². The van der Waals surface area contributed by atoms with Gasteiger partial charge in [0.2, 0.25) is 27.3 Å². The molecule has 2 aromatic carbocycles. The number of carbonyl (C=O) groups excluding carboxylic acids is 3. The lowest BCUT2D eigenvalue weighted by Crippen LogP contribution is -2.54. The number of carboxylic acids is 4. The highest BCUT2D eigenvalue weighted by Crippen LogP contribution is 2.22. The molecule has 1 aliphatic rings. The van der Waals surface area contributed by atoms with Crippen LogP contribution in [0, 0.1) is 20.8 Å². The first-order valence-electron chi connectivity index (χ1n) is 24.8. The van der Waals surface area contributed by atoms with Crippen molar-refractivity contribution in [2.24, 2.45) is 0 Å². The Morgan fingerprint density at radius 3 is 1.77 bits per heavy atom. The Labute approximate surface area is 454 Å². The maximum atomic E-state index is 14.0. The fraction of sp³-hybridized carbons (Fsp3) is 0.479. The topological polar surface area (TPSA) is 413 Å². The van der Waals surface area contributed by atoms with Gasteiger partial charge < -0.3 is 51.2 Å². The lowest BCUT2D eigenvalue weighted by molar-refractivity contribution is -0.140. The molecule has 1 aliphatic heterocycles. The number of aromatic nitrogens is 3. The number of pyridine rings is 1. The van der Waals surface area contributed by atoms with E-state index in [0.717, 1.165) is 5.56 Å². The van der Waals surface area contributed by atoms with E-state index in [2.05, 4.69) is 36.0 Å². The summed E-state index contributed by atoms with van der Waals surface area (Å²) in [5, 5.41) is 48.9. The van der Waals surface area contributed by atoms with Crippen molar-refractivity contribution in [2.45, 2.75) is 57.3 Å². The Hall–Kier alpha value is -7.39. The summed E-state index contributed by atoms with van der Waals surface area (Å²) in [6, 6.07) is 4.29. The minimum atomic E-state index is -4.91. The average molecular weight is 1150 g/mol. The highest BCUT2D eigenvalue weighted by atomic mass is 32.2. The molecule has 4 aromatic rings. The number of aliphatic carboxylic acids is 4. The molecule has 3 heterocycles. The van der Waals surface area contributed by atoms with Gasteiger partial charge in [-0.3, -0.25) is 62.5 Å². The van der Waals surface area contributed by atoms with Gasteiger partial charge in [0.1, 0.15) is 23.4 Å². The number of nitrogens with zero attached hydrogens (tertiary/aromatic N) is 6. The normalized spacial score (nSPS) is 15.5. The first-order chi connectivity index (χ1) is 37.2. The van der Waals surface area contributed by atoms with Crippen LogP contribution in [0.4, 0.5) is 5.95 Å². The Morgan fingerprint density at radius 2 is 1.28 bits per heavy atom. The molecule has 11 N–H and O–H groups in total. The maximum absolute atomic E-state index is 14.0. The number of nitrogens with one attached hydrogen (secondary N) is 6. The molecule has 432 valence electrons. The predicted octanol–water partition coefficient (Wildman–Crippen LogP) is -2.22. The number of carboxylic acid groups (broad SMARTS) is 4. The Balaban J connectivity index is 1.32. The van der Waals surface area contributed by atoms with Gasteiger partial charge in [0.15, 0.2) is 5.95 Å². The molecular weight excluding hydrogens is 1080 g/mol. The molecule has 2 atom stereocenters. The van der Waals surface area contributed by atoms with Crippen LogP contribution < -0.4 is 31.4 Å². The van der Waals surface area contributed by atoms with Crippen LogP contribution in [0.3, 0.4) is 0 Å². The molecule has 0 radical (unpaired) electrons. The standard InChI is InChI=1S/C48H66N12O17S2/c1-30-19-31(2)44(32(3)20-30)79(76,77)55-36(47(71)72)23-52-45(69)35-24-60(38-21-33(5-6-34(38)43(35)68)22-53-48-50-8-9-51-48)10-4-7-49-46(70)37(29-78(73,74)75)54-39(61)25-56-11-13-57(26-40(62)63)15-17-59(28-42(66)67)18-16-58(14-12-56)27-41(64)65/h5-6,8-9,19-21,24,36-37,55H,4,7,10-18,22-23,25-29H2,1-3H3,(H,49,70)(H,52,69)(H,54,61)(H,62,63)(H,64,65)(H,66,67)(H,71,72)(H2,50,51,53)(H,73,74,75). The van der Waals surface area contributed by atoms with E-state index in [1.807, 2.05) is 0 Å². The van der Waals surface area contributed by atoms with Crippen LogP contribution >= 0.6 is 0 Å². The van der Waals surface area contributed by atoms with Crippen molar-refractivity contribution in [2.75, 3.05) is 103 Å². The lowest BCUT2D eigenvalue weighted by atomic mass is 10.1. The number of amides is 3. The number of aromatic amines is 1. The molecule has 3 amide bonds. The van der Waals surface area contributed by atoms with Crippen molar-refractivity contribution in [3.05, 3.63) is 87.0 Å². The zero-order valence-electron chi connectivity index (χ0n) is 43.6. The zero-order chi connectivity index (χ0) is 58.2. The van der Waals surface area contributed by atoms with E-state index in [1.165, 1.54) is 32.8 Å². The van der Waals surface area contributed by atoms with Crippen molar-refractivity contribution < 1.29 is 75.4 Å². The van der Waals surface area contributed by atoms with Crippen LogP contribution in [-0.4, -0.2) is 227 Å². The third kappa shape index (κ3) is 19.8. The molecule has 31 heteroatoms. The van der Waals surface area contributed by atoms with Gasteiger partial charge in [-0.25, -0.2) is 13.4 Å². The molecule has 0 saturated carbocycles. The molecule has 1 fully saturated rings. The second-order valence-corrected chi connectivity index (χ2v) is 22.1. The highest BCUT2D eigenvalue weighted by molar-refractivity contribution is 7.89. The molecule has 0 spiro atoms. The number of rotatable bonds is 26. The molecule has 1 saturated heterocycles. The number of hydrogen-bond donors (Lipinski definition) is 11. The minimum absolute atomic E-state index is 0.0269. The van der Waals surface area contributed by atoms with Crippen molar-refractivity contribution in [3.8, 4) is 0 Å². The Bertz CT molecular complexity index is 3100. The first kappa shape index (κ1) is 62.5. The number of benzene rings is 2. The fourth-order valence-corrected chi connectivity index (χ4v) is 11.3. The monoisotopic (exact) mass is 1150 g/mol. The quantitative estimate of drug-likeness (QED) is 0.0234. The third-order valence-electron chi connectivity index (χ3n) is 12.6. The summed E-state index contributed by atoms with van der Waals surface area (Å²) >= 11 is 0. The zero-order valence-corrected chi connectivity index (χ0v) is 45.3. The van der Waals surface area contributed by atoms with Crippen LogP contribution in [0.15, 0.2) is 58.6 Å². The molecule has 0 aliphatic carbocycles. The van der Waals surface area contributed by atoms with Crippen molar-refractivity contribution in [3.63, 3.8) is 0 Å². The van der Waals surface area contributed by atoms with E-state index in [4.69, 9.17) is 0 Å². The molecule has 0 bridgehead atoms. The molecular formula is C48H66N12O17S2. The summed E-state index contributed by atoms with van der Waals surface area (Å²) in [5.74, 6) is -8.84. The van der Waals surface area contributed by atoms with Crippen LogP contribution in [0.25, 0.3) is 10.9 Å². The lowest BCUT2D eigenvalue weighted by Gasteiger charge is -2.33. The Morgan fingerprint density at radius 1 is 0.734 bits per heavy atom. The summed E-state index contributed by atoms with van der Waals surface area (Å²) in [5.41, 5.74) is 1.30. The molecule has 79 heavy (non-hydrogen) atoms. The van der Waals surface area contributed by atoms with E-state index in [9.17, 15) is 80.2 Å². The molecule has 2 unspecified atom stereocenters. The fourth-order valence-electron chi connectivity index (χ4n) is 8.95. The van der Waals surface area contributed by atoms with Crippen LogP contribution in [0.2, 0.25) is 0 Å². The number of fused-ring (bicyclic) bond motifs is 1. The summed E-state index contributed by atoms with van der Waals surface area (Å²) in [6.07, 6.45) is 4.39. The van der Waals surface area contributed by atoms with Gasteiger partial charge in [0, 0.05) is 103 Å². The minimum Gasteiger partial charge on any atom is -0.480 e. The van der Waals surface area contributed by atoms with Crippen LogP contribution in [0.1, 0.15) is 39.0 Å². The van der Waals surface area contributed by atoms with Gasteiger partial charge in [-0.2, -0.15) is 13.1 Å². The Kier molecular flexibility index (Phi) is 22.5. The number of sulfonamides is 1. The molecule has 2 aromatic heterocycles. The second-order valence-electron chi connectivity index (χ2n) is 19.0. The first-order valence-corrected chi connectivity index (χ1v) is 27.8. The number of carbonyl (C=O) groups is 7. The number of imidazole rings is 1. The van der Waals surface area contributed by atoms with E-state index >= 15 is 0 Å². The van der Waals surface area contributed by atoms with E-state index in [1.54, 1.807) is 61.0 Å². The number of aryl methyl sites for hydroxylation is 4. The van der Waals surface area contributed by atoms with E-state index < -0.39 is 117 Å². The molecule has 29 nitrogen and oxygen atoms in total. The number of anilines is 1. The smallest absolute Gasteiger partial charge is 0.323 e. The van der Waals surface area contributed by atoms with Crippen molar-refractivity contribution >= 4 is 78.6 Å². The van der Waals surface area contributed by atoms with Crippen molar-refractivity contribution in [1.29, 1.82) is 0 Å². The van der Waals surface area contributed by atoms with Gasteiger partial charge in [0.25, 0.3) is 16.0 Å². The van der Waals surface area contributed by atoms with Crippen molar-refractivity contribution in [1.82, 2.24) is 54.8 Å². The van der Waals surface area contributed by atoms with Crippen LogP contribution in [0.5, 0.6) is 0 Å². The number of H-pyrrole nitrogens is 1. The summed E-state index contributed by atoms with van der Waals surface area (Å²) in [4.78, 5) is 115. The predicted molar refractivity (Wildman–Crippen MR) is 283 cm³/mol. The maximum Gasteiger partial charge on any atom is 0.323 e. The van der Waals surface area contributed by atoms with Gasteiger partial charge in [0.05, 0.1) is 36.6 Å². The summed E-state index contributed by atoms with van der Waals surface area (Å²) < 4.78 is 64.7. The van der Waals surface area contributed by atoms with Gasteiger partial charge in [-0.1, -0.05) is 23.8 Å².